The molecule has 0 N–H and O–H groups in total. The third-order valence-corrected chi connectivity index (χ3v) is 5.53. The highest BCUT2D eigenvalue weighted by molar-refractivity contribution is 6.32. The average Bonchev–Trinajstić information content (AvgIpc) is 3.22. The van der Waals surface area contributed by atoms with Crippen LogP contribution < -0.4 is 4.90 Å². The van der Waals surface area contributed by atoms with Crippen molar-refractivity contribution in [3.8, 4) is 0 Å². The topological polar surface area (TPSA) is 72.0 Å². The van der Waals surface area contributed by atoms with Gasteiger partial charge in [-0.3, -0.25) is 4.90 Å². The van der Waals surface area contributed by atoms with E-state index in [9.17, 15) is 9.59 Å². The van der Waals surface area contributed by atoms with Crippen LogP contribution in [0.2, 0.25) is 5.15 Å². The maximum Gasteiger partial charge on any atom is 0.414 e. The van der Waals surface area contributed by atoms with Crippen LogP contribution in [-0.2, 0) is 9.47 Å². The zero-order valence-corrected chi connectivity index (χ0v) is 16.4. The van der Waals surface area contributed by atoms with E-state index in [1.807, 2.05) is 0 Å². The Morgan fingerprint density at radius 3 is 2.63 bits per heavy atom. The fourth-order valence-electron chi connectivity index (χ4n) is 3.54. The Morgan fingerprint density at radius 1 is 1.26 bits per heavy atom. The number of hydrogen-bond donors (Lipinski definition) is 0. The first kappa shape index (κ1) is 19.7. The highest BCUT2D eigenvalue weighted by Gasteiger charge is 2.27. The van der Waals surface area contributed by atoms with Crippen molar-refractivity contribution in [1.82, 2.24) is 9.88 Å². The van der Waals surface area contributed by atoms with Crippen LogP contribution in [0.1, 0.15) is 38.5 Å². The molecule has 2 heterocycles. The lowest BCUT2D eigenvalue weighted by Crippen LogP contribution is -2.34. The van der Waals surface area contributed by atoms with Crippen LogP contribution in [0.4, 0.5) is 15.3 Å². The van der Waals surface area contributed by atoms with Crippen LogP contribution in [0.5, 0.6) is 0 Å². The summed E-state index contributed by atoms with van der Waals surface area (Å²) < 4.78 is 11.0. The van der Waals surface area contributed by atoms with Crippen molar-refractivity contribution in [2.45, 2.75) is 44.6 Å². The lowest BCUT2D eigenvalue weighted by Gasteiger charge is -2.29. The van der Waals surface area contributed by atoms with E-state index < -0.39 is 6.09 Å². The van der Waals surface area contributed by atoms with E-state index in [0.29, 0.717) is 18.2 Å². The van der Waals surface area contributed by atoms with E-state index in [0.717, 1.165) is 51.6 Å². The van der Waals surface area contributed by atoms with E-state index in [1.165, 1.54) is 4.90 Å². The van der Waals surface area contributed by atoms with Crippen LogP contribution in [0.15, 0.2) is 18.3 Å². The zero-order valence-electron chi connectivity index (χ0n) is 15.6. The van der Waals surface area contributed by atoms with Crippen molar-refractivity contribution in [3.63, 3.8) is 0 Å². The molecule has 2 fully saturated rings. The molecule has 1 aliphatic heterocycles. The van der Waals surface area contributed by atoms with E-state index in [-0.39, 0.29) is 17.4 Å². The maximum absolute atomic E-state index is 12.3. The standard InChI is InChI=1S/C19H26ClN3O4/c1-22(16-5-4-10-21-17(16)20)18(24)27-15-8-6-14(7-9-15)13-26-19(25)23-11-2-3-12-23/h4-5,10,14-15H,2-3,6-9,11-13H2,1H3. The van der Waals surface area contributed by atoms with Gasteiger partial charge in [-0.1, -0.05) is 11.6 Å². The zero-order chi connectivity index (χ0) is 19.2. The fraction of sp³-hybridized carbons (Fsp3) is 0.632. The van der Waals surface area contributed by atoms with Gasteiger partial charge in [0.1, 0.15) is 6.10 Å². The number of anilines is 1. The quantitative estimate of drug-likeness (QED) is 0.717. The number of nitrogens with zero attached hydrogens (tertiary/aromatic N) is 3. The van der Waals surface area contributed by atoms with Crippen molar-refractivity contribution in [1.29, 1.82) is 0 Å². The monoisotopic (exact) mass is 395 g/mol. The first-order valence-corrected chi connectivity index (χ1v) is 9.89. The van der Waals surface area contributed by atoms with Gasteiger partial charge in [0, 0.05) is 26.3 Å². The minimum absolute atomic E-state index is 0.124. The molecule has 3 rings (SSSR count). The molecule has 0 atom stereocenters. The number of likely N-dealkylation sites (tertiary alicyclic amines) is 1. The van der Waals surface area contributed by atoms with Crippen molar-refractivity contribution in [2.24, 2.45) is 5.92 Å². The number of hydrogen-bond acceptors (Lipinski definition) is 5. The molecule has 8 heteroatoms. The van der Waals surface area contributed by atoms with Gasteiger partial charge in [0.15, 0.2) is 5.15 Å². The van der Waals surface area contributed by atoms with Gasteiger partial charge >= 0.3 is 12.2 Å². The summed E-state index contributed by atoms with van der Waals surface area (Å²) in [6.45, 7) is 2.05. The van der Waals surface area contributed by atoms with Gasteiger partial charge in [-0.2, -0.15) is 0 Å². The SMILES string of the molecule is CN(C(=O)OC1CCC(COC(=O)N2CCCC2)CC1)c1cccnc1Cl. The molecule has 0 radical (unpaired) electrons. The highest BCUT2D eigenvalue weighted by atomic mass is 35.5. The van der Waals surface area contributed by atoms with Crippen LogP contribution in [0, 0.1) is 5.92 Å². The average molecular weight is 396 g/mol. The molecular weight excluding hydrogens is 370 g/mol. The second-order valence-electron chi connectivity index (χ2n) is 7.17. The minimum atomic E-state index is -0.436. The summed E-state index contributed by atoms with van der Waals surface area (Å²) in [5, 5.41) is 0.264. The maximum atomic E-state index is 12.3. The van der Waals surface area contributed by atoms with Gasteiger partial charge in [-0.05, 0) is 56.6 Å². The molecule has 2 amide bonds. The van der Waals surface area contributed by atoms with Crippen molar-refractivity contribution >= 4 is 29.5 Å². The smallest absolute Gasteiger partial charge is 0.414 e. The van der Waals surface area contributed by atoms with Gasteiger partial charge in [-0.15, -0.1) is 0 Å². The number of aromatic nitrogens is 1. The summed E-state index contributed by atoms with van der Waals surface area (Å²) in [6.07, 6.45) is 6.23. The second-order valence-corrected chi connectivity index (χ2v) is 7.53. The van der Waals surface area contributed by atoms with Crippen LogP contribution >= 0.6 is 11.6 Å². The Morgan fingerprint density at radius 2 is 1.96 bits per heavy atom. The van der Waals surface area contributed by atoms with Crippen LogP contribution in [0.3, 0.4) is 0 Å². The summed E-state index contributed by atoms with van der Waals surface area (Å²) in [5.74, 6) is 0.331. The molecule has 2 aliphatic rings. The van der Waals surface area contributed by atoms with E-state index in [1.54, 1.807) is 30.3 Å². The third-order valence-electron chi connectivity index (χ3n) is 5.24. The molecule has 148 valence electrons. The lowest BCUT2D eigenvalue weighted by molar-refractivity contribution is 0.0477. The summed E-state index contributed by atoms with van der Waals surface area (Å²) in [6, 6.07) is 3.45. The molecule has 0 unspecified atom stereocenters. The minimum Gasteiger partial charge on any atom is -0.449 e. The molecular formula is C19H26ClN3O4. The van der Waals surface area contributed by atoms with Crippen molar-refractivity contribution in [2.75, 3.05) is 31.6 Å². The van der Waals surface area contributed by atoms with Gasteiger partial charge in [-0.25, -0.2) is 14.6 Å². The fourth-order valence-corrected chi connectivity index (χ4v) is 3.79. The molecule has 1 aromatic heterocycles. The molecule has 0 aromatic carbocycles. The Bertz CT molecular complexity index is 658. The predicted octanol–water partition coefficient (Wildman–Crippen LogP) is 4.10. The number of carbonyl (C=O) groups excluding carboxylic acids is 2. The van der Waals surface area contributed by atoms with Gasteiger partial charge in [0.2, 0.25) is 0 Å². The lowest BCUT2D eigenvalue weighted by atomic mass is 9.88. The molecule has 27 heavy (non-hydrogen) atoms. The molecule has 1 aromatic rings. The number of rotatable bonds is 4. The largest absolute Gasteiger partial charge is 0.449 e. The van der Waals surface area contributed by atoms with E-state index in [2.05, 4.69) is 4.98 Å². The number of halogens is 1. The van der Waals surface area contributed by atoms with Crippen molar-refractivity contribution < 1.29 is 19.1 Å². The number of pyridine rings is 1. The highest BCUT2D eigenvalue weighted by Crippen LogP contribution is 2.28. The molecule has 1 saturated carbocycles. The Labute approximate surface area is 164 Å². The summed E-state index contributed by atoms with van der Waals surface area (Å²) in [4.78, 5) is 31.4. The van der Waals surface area contributed by atoms with Crippen molar-refractivity contribution in [3.05, 3.63) is 23.5 Å². The second kappa shape index (κ2) is 9.26. The summed E-state index contributed by atoms with van der Waals surface area (Å²) >= 11 is 6.03. The van der Waals surface area contributed by atoms with Gasteiger partial charge in [0.05, 0.1) is 12.3 Å². The number of amides is 2. The molecule has 1 saturated heterocycles. The summed E-state index contributed by atoms with van der Waals surface area (Å²) in [7, 11) is 1.62. The summed E-state index contributed by atoms with van der Waals surface area (Å²) in [5.41, 5.74) is 0.520. The molecule has 7 nitrogen and oxygen atoms in total. The molecule has 1 aliphatic carbocycles. The number of carbonyl (C=O) groups is 2. The van der Waals surface area contributed by atoms with Crippen LogP contribution in [0.25, 0.3) is 0 Å². The molecule has 0 spiro atoms. The van der Waals surface area contributed by atoms with E-state index >= 15 is 0 Å². The first-order valence-electron chi connectivity index (χ1n) is 9.51. The third kappa shape index (κ3) is 5.25. The van der Waals surface area contributed by atoms with E-state index in [4.69, 9.17) is 21.1 Å². The number of ether oxygens (including phenoxy) is 2. The normalized spacial score (nSPS) is 22.4. The Balaban J connectivity index is 1.39. The Kier molecular flexibility index (Phi) is 6.77. The molecule has 0 bridgehead atoms. The van der Waals surface area contributed by atoms with Gasteiger partial charge in [0.25, 0.3) is 0 Å². The first-order chi connectivity index (χ1) is 13.0. The predicted molar refractivity (Wildman–Crippen MR) is 102 cm³/mol. The van der Waals surface area contributed by atoms with Gasteiger partial charge < -0.3 is 14.4 Å². The Hall–Kier alpha value is -2.02. The van der Waals surface area contributed by atoms with Crippen LogP contribution in [-0.4, -0.2) is 54.9 Å².